The Balaban J connectivity index is 1.76. The van der Waals surface area contributed by atoms with Gasteiger partial charge >= 0.3 is 0 Å². The van der Waals surface area contributed by atoms with E-state index in [-0.39, 0.29) is 12.8 Å². The van der Waals surface area contributed by atoms with E-state index in [0.717, 1.165) is 23.6 Å². The van der Waals surface area contributed by atoms with Crippen molar-refractivity contribution in [1.82, 2.24) is 4.90 Å². The van der Waals surface area contributed by atoms with Gasteiger partial charge in [-0.2, -0.15) is 0 Å². The molecule has 21 heavy (non-hydrogen) atoms. The maximum absolute atomic E-state index is 10.7. The van der Waals surface area contributed by atoms with E-state index in [4.69, 9.17) is 9.47 Å². The Morgan fingerprint density at radius 2 is 2.00 bits per heavy atom. The van der Waals surface area contributed by atoms with E-state index in [2.05, 4.69) is 4.90 Å². The number of aliphatic hydroxyl groups is 2. The van der Waals surface area contributed by atoms with Crippen LogP contribution in [0.5, 0.6) is 11.5 Å². The molecule has 5 rings (SSSR count). The van der Waals surface area contributed by atoms with Crippen LogP contribution in [0.4, 0.5) is 0 Å². The summed E-state index contributed by atoms with van der Waals surface area (Å²) in [5.41, 5.74) is 1.89. The minimum Gasteiger partial charge on any atom is -0.454 e. The number of fused-ring (bicyclic) bond motifs is 2. The molecule has 0 spiro atoms. The molecule has 1 aliphatic carbocycles. The molecule has 1 aromatic rings. The molecule has 1 fully saturated rings. The lowest BCUT2D eigenvalue weighted by Crippen LogP contribution is -2.52. The highest BCUT2D eigenvalue weighted by molar-refractivity contribution is 5.56. The van der Waals surface area contributed by atoms with Gasteiger partial charge in [0.2, 0.25) is 6.79 Å². The predicted octanol–water partition coefficient (Wildman–Crippen LogP) is 0.533. The Labute approximate surface area is 122 Å². The van der Waals surface area contributed by atoms with Gasteiger partial charge < -0.3 is 19.7 Å². The number of nitrogens with zero attached hydrogens (tertiary/aromatic N) is 1. The zero-order chi connectivity index (χ0) is 14.2. The van der Waals surface area contributed by atoms with Crippen LogP contribution in [0.2, 0.25) is 0 Å². The lowest BCUT2D eigenvalue weighted by molar-refractivity contribution is 0.0937. The Bertz CT molecular complexity index is 658. The second-order valence-corrected chi connectivity index (χ2v) is 6.42. The van der Waals surface area contributed by atoms with Crippen LogP contribution in [0.15, 0.2) is 24.3 Å². The van der Waals surface area contributed by atoms with E-state index in [1.807, 2.05) is 24.3 Å². The largest absolute Gasteiger partial charge is 0.454 e. The van der Waals surface area contributed by atoms with E-state index in [1.165, 1.54) is 5.56 Å². The van der Waals surface area contributed by atoms with Gasteiger partial charge in [-0.15, -0.1) is 0 Å². The lowest BCUT2D eigenvalue weighted by Gasteiger charge is -2.45. The minimum absolute atomic E-state index is 0.153. The molecule has 0 radical (unpaired) electrons. The van der Waals surface area contributed by atoms with Gasteiger partial charge in [0.1, 0.15) is 0 Å². The summed E-state index contributed by atoms with van der Waals surface area (Å²) in [6.07, 6.45) is 3.63. The van der Waals surface area contributed by atoms with Crippen molar-refractivity contribution in [1.29, 1.82) is 0 Å². The topological polar surface area (TPSA) is 62.2 Å². The summed E-state index contributed by atoms with van der Waals surface area (Å²) in [5, 5.41) is 20.7. The van der Waals surface area contributed by atoms with Gasteiger partial charge in [0.15, 0.2) is 11.5 Å². The Morgan fingerprint density at radius 1 is 1.19 bits per heavy atom. The monoisotopic (exact) mass is 287 g/mol. The number of rotatable bonds is 0. The van der Waals surface area contributed by atoms with Crippen molar-refractivity contribution >= 4 is 0 Å². The molecule has 4 aliphatic rings. The molecule has 3 heterocycles. The first kappa shape index (κ1) is 12.0. The summed E-state index contributed by atoms with van der Waals surface area (Å²) < 4.78 is 11.0. The highest BCUT2D eigenvalue weighted by Crippen LogP contribution is 2.53. The Morgan fingerprint density at radius 3 is 2.86 bits per heavy atom. The average molecular weight is 287 g/mol. The summed E-state index contributed by atoms with van der Waals surface area (Å²) in [4.78, 5) is 2.28. The molecule has 5 atom stereocenters. The molecular weight excluding hydrogens is 270 g/mol. The number of hydrogen-bond acceptors (Lipinski definition) is 5. The van der Waals surface area contributed by atoms with Crippen LogP contribution in [0, 0.1) is 0 Å². The maximum Gasteiger partial charge on any atom is 0.231 e. The first-order valence-corrected chi connectivity index (χ1v) is 7.41. The van der Waals surface area contributed by atoms with Crippen molar-refractivity contribution in [2.24, 2.45) is 0 Å². The fourth-order valence-electron chi connectivity index (χ4n) is 4.53. The zero-order valence-electron chi connectivity index (χ0n) is 11.5. The molecule has 5 heteroatoms. The Hall–Kier alpha value is -1.56. The van der Waals surface area contributed by atoms with Crippen molar-refractivity contribution in [3.63, 3.8) is 0 Å². The maximum atomic E-state index is 10.7. The minimum atomic E-state index is -0.451. The molecule has 1 unspecified atom stereocenters. The highest BCUT2D eigenvalue weighted by Gasteiger charge is 2.58. The van der Waals surface area contributed by atoms with Crippen LogP contribution in [0.25, 0.3) is 0 Å². The van der Waals surface area contributed by atoms with Crippen molar-refractivity contribution < 1.29 is 19.7 Å². The van der Waals surface area contributed by atoms with Gasteiger partial charge in [0.25, 0.3) is 0 Å². The van der Waals surface area contributed by atoms with Gasteiger partial charge in [-0.3, -0.25) is 4.90 Å². The van der Waals surface area contributed by atoms with Crippen molar-refractivity contribution in [2.45, 2.75) is 36.6 Å². The molecule has 1 saturated heterocycles. The molecule has 0 saturated carbocycles. The second kappa shape index (κ2) is 3.80. The van der Waals surface area contributed by atoms with Crippen LogP contribution < -0.4 is 9.47 Å². The van der Waals surface area contributed by atoms with Crippen molar-refractivity contribution in [3.05, 3.63) is 35.4 Å². The molecule has 2 bridgehead atoms. The molecule has 0 amide bonds. The summed E-state index contributed by atoms with van der Waals surface area (Å²) in [6.45, 7) is 1.69. The third-order valence-corrected chi connectivity index (χ3v) is 5.45. The van der Waals surface area contributed by atoms with Crippen LogP contribution >= 0.6 is 0 Å². The summed E-state index contributed by atoms with van der Waals surface area (Å²) in [7, 11) is 0. The predicted molar refractivity (Wildman–Crippen MR) is 74.2 cm³/mol. The van der Waals surface area contributed by atoms with E-state index in [9.17, 15) is 10.2 Å². The van der Waals surface area contributed by atoms with E-state index < -0.39 is 17.6 Å². The standard InChI is InChI=1S/C16H17NO4/c18-10-1-2-16-11-5-13-12(20-8-21-13)3-9(11)6-17(7-15(16)19)14(16)4-10/h1-3,5,10,14-15,18-19H,4,6-8H2/t10-,14-,15-,16-/m0/s1. The number of aliphatic hydroxyl groups excluding tert-OH is 2. The zero-order valence-corrected chi connectivity index (χ0v) is 11.5. The third-order valence-electron chi connectivity index (χ3n) is 5.45. The van der Waals surface area contributed by atoms with Gasteiger partial charge in [-0.25, -0.2) is 0 Å². The number of ether oxygens (including phenoxy) is 2. The van der Waals surface area contributed by atoms with Gasteiger partial charge in [-0.05, 0) is 29.7 Å². The first-order chi connectivity index (χ1) is 10.2. The molecule has 110 valence electrons. The molecule has 1 aromatic carbocycles. The van der Waals surface area contributed by atoms with E-state index in [0.29, 0.717) is 13.0 Å². The van der Waals surface area contributed by atoms with Gasteiger partial charge in [0, 0.05) is 19.1 Å². The molecule has 0 aromatic heterocycles. The number of hydrogen-bond donors (Lipinski definition) is 2. The lowest BCUT2D eigenvalue weighted by atomic mass is 9.65. The molecule has 3 aliphatic heterocycles. The summed E-state index contributed by atoms with van der Waals surface area (Å²) >= 11 is 0. The fraction of sp³-hybridized carbons (Fsp3) is 0.500. The Kier molecular flexibility index (Phi) is 2.17. The quantitative estimate of drug-likeness (QED) is 0.682. The highest BCUT2D eigenvalue weighted by atomic mass is 16.7. The summed E-state index contributed by atoms with van der Waals surface area (Å²) in [6, 6.07) is 4.22. The van der Waals surface area contributed by atoms with E-state index >= 15 is 0 Å². The molecule has 5 nitrogen and oxygen atoms in total. The van der Waals surface area contributed by atoms with Crippen LogP contribution in [-0.4, -0.2) is 46.7 Å². The normalized spacial score (nSPS) is 41.8. The smallest absolute Gasteiger partial charge is 0.231 e. The summed E-state index contributed by atoms with van der Waals surface area (Å²) in [5.74, 6) is 1.55. The van der Waals surface area contributed by atoms with Crippen LogP contribution in [0.3, 0.4) is 0 Å². The molecule has 2 N–H and O–H groups in total. The number of benzene rings is 1. The second-order valence-electron chi connectivity index (χ2n) is 6.42. The van der Waals surface area contributed by atoms with Crippen molar-refractivity contribution in [2.75, 3.05) is 13.3 Å². The van der Waals surface area contributed by atoms with Crippen LogP contribution in [0.1, 0.15) is 17.5 Å². The van der Waals surface area contributed by atoms with Crippen LogP contribution in [-0.2, 0) is 12.0 Å². The fourth-order valence-corrected chi connectivity index (χ4v) is 4.53. The average Bonchev–Trinajstić information content (AvgIpc) is 2.99. The van der Waals surface area contributed by atoms with Gasteiger partial charge in [0.05, 0.1) is 17.6 Å². The SMILES string of the molecule is O[C@H]1C=C[C@@]23c4cc5c(cc4CN(C[C@@H]2O)[C@H]3C1)OCO5. The third kappa shape index (κ3) is 1.36. The first-order valence-electron chi connectivity index (χ1n) is 7.41. The van der Waals surface area contributed by atoms with Gasteiger partial charge in [-0.1, -0.05) is 12.2 Å². The van der Waals surface area contributed by atoms with Crippen molar-refractivity contribution in [3.8, 4) is 11.5 Å². The van der Waals surface area contributed by atoms with E-state index in [1.54, 1.807) is 0 Å². The molecular formula is C16H17NO4.